The van der Waals surface area contributed by atoms with Crippen molar-refractivity contribution in [2.24, 2.45) is 5.92 Å². The lowest BCUT2D eigenvalue weighted by Crippen LogP contribution is -2.36. The zero-order valence-corrected chi connectivity index (χ0v) is 11.0. The topological polar surface area (TPSA) is 3.01 Å². The summed E-state index contributed by atoms with van der Waals surface area (Å²) in [6.45, 7) is 9.30. The van der Waals surface area contributed by atoms with Gasteiger partial charge in [0.2, 0.25) is 5.69 Å². The zero-order valence-electron chi connectivity index (χ0n) is 11.0. The lowest BCUT2D eigenvalue weighted by atomic mass is 9.69. The van der Waals surface area contributed by atoms with Crippen LogP contribution < -0.4 is 0 Å². The molecule has 0 amide bonds. The molecule has 0 fully saturated rings. The minimum absolute atomic E-state index is 0.208. The normalized spacial score (nSPS) is 25.8. The summed E-state index contributed by atoms with van der Waals surface area (Å²) in [5.41, 5.74) is 4.55. The van der Waals surface area contributed by atoms with Gasteiger partial charge in [0.05, 0.1) is 5.41 Å². The summed E-state index contributed by atoms with van der Waals surface area (Å²) < 4.78 is 2.35. The quantitative estimate of drug-likeness (QED) is 0.663. The highest BCUT2D eigenvalue weighted by Crippen LogP contribution is 2.44. The van der Waals surface area contributed by atoms with E-state index in [1.54, 1.807) is 0 Å². The Morgan fingerprint density at radius 3 is 2.56 bits per heavy atom. The Hall–Kier alpha value is -1.11. The molecule has 16 heavy (non-hydrogen) atoms. The Kier molecular flexibility index (Phi) is 2.65. The highest BCUT2D eigenvalue weighted by atomic mass is 15.0. The number of hydrogen-bond donors (Lipinski definition) is 0. The van der Waals surface area contributed by atoms with E-state index in [0.717, 1.165) is 0 Å². The number of hydrogen-bond acceptors (Lipinski definition) is 0. The van der Waals surface area contributed by atoms with E-state index in [0.29, 0.717) is 5.92 Å². The zero-order chi connectivity index (χ0) is 11.9. The maximum Gasteiger partial charge on any atom is 0.209 e. The Labute approximate surface area is 98.8 Å². The maximum atomic E-state index is 2.39. The molecule has 1 nitrogen and oxygen atoms in total. The van der Waals surface area contributed by atoms with Crippen molar-refractivity contribution in [2.75, 3.05) is 7.05 Å². The number of para-hydroxylation sites is 1. The molecule has 0 aliphatic carbocycles. The highest BCUT2D eigenvalue weighted by molar-refractivity contribution is 5.93. The summed E-state index contributed by atoms with van der Waals surface area (Å²) in [4.78, 5) is 0. The second kappa shape index (κ2) is 3.73. The second-order valence-corrected chi connectivity index (χ2v) is 5.17. The van der Waals surface area contributed by atoms with Gasteiger partial charge in [0.25, 0.3) is 0 Å². The molecule has 1 aromatic rings. The van der Waals surface area contributed by atoms with Gasteiger partial charge >= 0.3 is 0 Å². The number of benzene rings is 1. The van der Waals surface area contributed by atoms with Crippen molar-refractivity contribution in [3.05, 3.63) is 29.8 Å². The molecular weight excluding hydrogens is 194 g/mol. The Morgan fingerprint density at radius 2 is 1.94 bits per heavy atom. The summed E-state index contributed by atoms with van der Waals surface area (Å²) in [5, 5.41) is 0. The van der Waals surface area contributed by atoms with E-state index < -0.39 is 0 Å². The first-order chi connectivity index (χ1) is 7.53. The van der Waals surface area contributed by atoms with Gasteiger partial charge in [-0.1, -0.05) is 38.5 Å². The van der Waals surface area contributed by atoms with E-state index in [1.807, 2.05) is 0 Å². The Morgan fingerprint density at radius 1 is 1.31 bits per heavy atom. The number of fused-ring (bicyclic) bond motifs is 1. The van der Waals surface area contributed by atoms with Gasteiger partial charge in [-0.15, -0.1) is 0 Å². The van der Waals surface area contributed by atoms with Gasteiger partial charge in [-0.2, -0.15) is 0 Å². The standard InChI is InChI=1S/C15H22N/c1-6-11(2)15(4)12(3)16(5)14-10-8-7-9-13(14)15/h7-11H,6H2,1-5H3/q+1/t11-,15-/m0/s1. The fourth-order valence-corrected chi connectivity index (χ4v) is 2.96. The molecule has 0 N–H and O–H groups in total. The van der Waals surface area contributed by atoms with Crippen molar-refractivity contribution in [2.45, 2.75) is 39.5 Å². The van der Waals surface area contributed by atoms with Crippen molar-refractivity contribution >= 4 is 11.4 Å². The van der Waals surface area contributed by atoms with Gasteiger partial charge in [0.15, 0.2) is 5.71 Å². The predicted molar refractivity (Wildman–Crippen MR) is 69.8 cm³/mol. The van der Waals surface area contributed by atoms with E-state index in [-0.39, 0.29) is 5.41 Å². The van der Waals surface area contributed by atoms with Gasteiger partial charge in [-0.25, -0.2) is 4.58 Å². The summed E-state index contributed by atoms with van der Waals surface area (Å²) in [7, 11) is 2.18. The predicted octanol–water partition coefficient (Wildman–Crippen LogP) is 3.74. The van der Waals surface area contributed by atoms with Crippen LogP contribution in [0, 0.1) is 5.92 Å². The van der Waals surface area contributed by atoms with E-state index in [9.17, 15) is 0 Å². The largest absolute Gasteiger partial charge is 0.209 e. The van der Waals surface area contributed by atoms with Crippen LogP contribution in [0.3, 0.4) is 0 Å². The molecular formula is C15H22N+. The molecule has 0 bridgehead atoms. The number of rotatable bonds is 2. The average Bonchev–Trinajstić information content (AvgIpc) is 2.52. The third kappa shape index (κ3) is 1.27. The van der Waals surface area contributed by atoms with Crippen LogP contribution >= 0.6 is 0 Å². The van der Waals surface area contributed by atoms with Crippen LogP contribution in [0.25, 0.3) is 0 Å². The Bertz CT molecular complexity index is 445. The van der Waals surface area contributed by atoms with Crippen LogP contribution in [-0.2, 0) is 5.41 Å². The van der Waals surface area contributed by atoms with Crippen LogP contribution in [0.15, 0.2) is 24.3 Å². The van der Waals surface area contributed by atoms with Crippen LogP contribution in [0.2, 0.25) is 0 Å². The SMILES string of the molecule is CC[C@H](C)[C@@]1(C)C(C)=[N+](C)c2ccccc21. The molecule has 0 spiro atoms. The van der Waals surface area contributed by atoms with E-state index >= 15 is 0 Å². The van der Waals surface area contributed by atoms with Crippen molar-refractivity contribution < 1.29 is 4.58 Å². The summed E-state index contributed by atoms with van der Waals surface area (Å²) in [6, 6.07) is 8.80. The third-order valence-electron chi connectivity index (χ3n) is 4.68. The molecule has 2 atom stereocenters. The highest BCUT2D eigenvalue weighted by Gasteiger charge is 2.47. The molecule has 1 aliphatic heterocycles. The van der Waals surface area contributed by atoms with Crippen LogP contribution in [0.5, 0.6) is 0 Å². The lowest BCUT2D eigenvalue weighted by Gasteiger charge is -2.28. The van der Waals surface area contributed by atoms with Crippen molar-refractivity contribution in [3.63, 3.8) is 0 Å². The van der Waals surface area contributed by atoms with Gasteiger partial charge in [-0.05, 0) is 12.8 Å². The first-order valence-electron chi connectivity index (χ1n) is 6.20. The van der Waals surface area contributed by atoms with Gasteiger partial charge in [0, 0.05) is 18.6 Å². The number of nitrogens with zero attached hydrogens (tertiary/aromatic N) is 1. The second-order valence-electron chi connectivity index (χ2n) is 5.17. The summed E-state index contributed by atoms with van der Waals surface area (Å²) >= 11 is 0. The van der Waals surface area contributed by atoms with Gasteiger partial charge < -0.3 is 0 Å². The molecule has 1 heteroatoms. The third-order valence-corrected chi connectivity index (χ3v) is 4.68. The lowest BCUT2D eigenvalue weighted by molar-refractivity contribution is -0.403. The first kappa shape index (κ1) is 11.4. The molecule has 0 radical (unpaired) electrons. The molecule has 0 unspecified atom stereocenters. The van der Waals surface area contributed by atoms with E-state index in [4.69, 9.17) is 0 Å². The van der Waals surface area contributed by atoms with Crippen LogP contribution in [0.1, 0.15) is 39.7 Å². The molecule has 0 aromatic heterocycles. The van der Waals surface area contributed by atoms with Crippen molar-refractivity contribution in [3.8, 4) is 0 Å². The van der Waals surface area contributed by atoms with Crippen LogP contribution in [-0.4, -0.2) is 17.3 Å². The fourth-order valence-electron chi connectivity index (χ4n) is 2.96. The molecule has 2 rings (SSSR count). The minimum atomic E-state index is 0.208. The summed E-state index contributed by atoms with van der Waals surface area (Å²) in [6.07, 6.45) is 1.22. The fraction of sp³-hybridized carbons (Fsp3) is 0.533. The minimum Gasteiger partial charge on any atom is -0.202 e. The molecule has 0 saturated heterocycles. The molecule has 1 aromatic carbocycles. The molecule has 86 valence electrons. The first-order valence-corrected chi connectivity index (χ1v) is 6.20. The van der Waals surface area contributed by atoms with E-state index in [1.165, 1.54) is 23.4 Å². The van der Waals surface area contributed by atoms with Gasteiger partial charge in [-0.3, -0.25) is 0 Å². The molecule has 1 aliphatic rings. The summed E-state index contributed by atoms with van der Waals surface area (Å²) in [5.74, 6) is 0.679. The van der Waals surface area contributed by atoms with Gasteiger partial charge in [0.1, 0.15) is 7.05 Å². The van der Waals surface area contributed by atoms with E-state index in [2.05, 4.69) is 63.6 Å². The maximum absolute atomic E-state index is 2.39. The van der Waals surface area contributed by atoms with Crippen LogP contribution in [0.4, 0.5) is 5.69 Å². The molecule has 1 heterocycles. The molecule has 0 saturated carbocycles. The van der Waals surface area contributed by atoms with Crippen molar-refractivity contribution in [1.82, 2.24) is 0 Å². The average molecular weight is 216 g/mol. The van der Waals surface area contributed by atoms with Crippen molar-refractivity contribution in [1.29, 1.82) is 0 Å². The monoisotopic (exact) mass is 216 g/mol. The Balaban J connectivity index is 2.65. The smallest absolute Gasteiger partial charge is 0.202 e.